The predicted molar refractivity (Wildman–Crippen MR) is 103 cm³/mol. The zero-order chi connectivity index (χ0) is 18.1. The van der Waals surface area contributed by atoms with E-state index in [2.05, 4.69) is 10.3 Å². The van der Waals surface area contributed by atoms with E-state index >= 15 is 0 Å². The number of carbonyl (C=O) groups is 1. The average Bonchev–Trinajstić information content (AvgIpc) is 3.27. The molecule has 130 valence electrons. The van der Waals surface area contributed by atoms with Gasteiger partial charge in [0.25, 0.3) is 5.91 Å². The van der Waals surface area contributed by atoms with E-state index in [-0.39, 0.29) is 11.6 Å². The Morgan fingerprint density at radius 2 is 2.08 bits per heavy atom. The van der Waals surface area contributed by atoms with E-state index in [1.807, 2.05) is 24.3 Å². The third-order valence-corrected chi connectivity index (χ3v) is 5.08. The van der Waals surface area contributed by atoms with Crippen molar-refractivity contribution in [2.45, 2.75) is 0 Å². The summed E-state index contributed by atoms with van der Waals surface area (Å²) in [6, 6.07) is 14.7. The van der Waals surface area contributed by atoms with Gasteiger partial charge in [0.05, 0.1) is 17.7 Å². The number of H-pyrrole nitrogens is 1. The summed E-state index contributed by atoms with van der Waals surface area (Å²) in [5.74, 6) is 0.569. The summed E-state index contributed by atoms with van der Waals surface area (Å²) < 4.78 is 7.68. The molecular formula is C19H15N3O3S. The molecule has 0 atom stereocenters. The first kappa shape index (κ1) is 16.2. The summed E-state index contributed by atoms with van der Waals surface area (Å²) in [4.78, 5) is 27.5. The molecule has 0 aliphatic heterocycles. The Balaban J connectivity index is 1.60. The van der Waals surface area contributed by atoms with Crippen LogP contribution in [0.5, 0.6) is 5.75 Å². The summed E-state index contributed by atoms with van der Waals surface area (Å²) in [6.07, 6.45) is 3.21. The summed E-state index contributed by atoms with van der Waals surface area (Å²) in [7, 11) is 1.62. The van der Waals surface area contributed by atoms with Crippen molar-refractivity contribution in [1.29, 1.82) is 0 Å². The molecule has 2 aromatic carbocycles. The maximum absolute atomic E-state index is 12.6. The summed E-state index contributed by atoms with van der Waals surface area (Å²) in [5.41, 5.74) is 1.07. The summed E-state index contributed by atoms with van der Waals surface area (Å²) >= 11 is 1.41. The molecule has 2 aromatic heterocycles. The number of amides is 1. The molecule has 0 aliphatic rings. The number of benzene rings is 2. The maximum Gasteiger partial charge on any atom is 0.330 e. The molecule has 0 saturated heterocycles. The van der Waals surface area contributed by atoms with Crippen molar-refractivity contribution in [2.24, 2.45) is 0 Å². The number of ether oxygens (including phenoxy) is 1. The van der Waals surface area contributed by atoms with Gasteiger partial charge in [0.15, 0.2) is 0 Å². The van der Waals surface area contributed by atoms with Crippen LogP contribution in [0.15, 0.2) is 65.7 Å². The van der Waals surface area contributed by atoms with E-state index in [0.29, 0.717) is 16.3 Å². The van der Waals surface area contributed by atoms with Gasteiger partial charge in [0, 0.05) is 22.8 Å². The van der Waals surface area contributed by atoms with E-state index in [1.54, 1.807) is 43.8 Å². The fourth-order valence-corrected chi connectivity index (χ4v) is 3.69. The van der Waals surface area contributed by atoms with Crippen LogP contribution in [-0.2, 0) is 0 Å². The molecule has 26 heavy (non-hydrogen) atoms. The van der Waals surface area contributed by atoms with Gasteiger partial charge in [-0.15, -0.1) is 11.3 Å². The zero-order valence-electron chi connectivity index (χ0n) is 13.9. The number of hydrogen-bond donors (Lipinski definition) is 2. The Hall–Kier alpha value is -3.32. The van der Waals surface area contributed by atoms with Gasteiger partial charge >= 0.3 is 5.69 Å². The van der Waals surface area contributed by atoms with E-state index < -0.39 is 0 Å². The quantitative estimate of drug-likeness (QED) is 0.580. The second-order valence-electron chi connectivity index (χ2n) is 5.65. The molecule has 6 nitrogen and oxygen atoms in total. The molecule has 0 fully saturated rings. The number of methoxy groups -OCH3 is 1. The van der Waals surface area contributed by atoms with Crippen LogP contribution < -0.4 is 15.7 Å². The van der Waals surface area contributed by atoms with Crippen molar-refractivity contribution in [3.05, 3.63) is 76.3 Å². The van der Waals surface area contributed by atoms with Gasteiger partial charge in [-0.1, -0.05) is 6.07 Å². The Bertz CT molecular complexity index is 1160. The molecule has 4 aromatic rings. The van der Waals surface area contributed by atoms with Gasteiger partial charge in [-0.3, -0.25) is 9.36 Å². The zero-order valence-corrected chi connectivity index (χ0v) is 14.7. The Morgan fingerprint density at radius 1 is 1.19 bits per heavy atom. The van der Waals surface area contributed by atoms with Gasteiger partial charge in [-0.2, -0.15) is 0 Å². The van der Waals surface area contributed by atoms with Crippen molar-refractivity contribution in [3.63, 3.8) is 0 Å². The van der Waals surface area contributed by atoms with Gasteiger partial charge in [-0.25, -0.2) is 4.79 Å². The number of thiophene rings is 1. The van der Waals surface area contributed by atoms with Crippen molar-refractivity contribution < 1.29 is 9.53 Å². The second kappa shape index (κ2) is 6.53. The lowest BCUT2D eigenvalue weighted by Crippen LogP contribution is -2.15. The highest BCUT2D eigenvalue weighted by atomic mass is 32.1. The van der Waals surface area contributed by atoms with E-state index in [0.717, 1.165) is 15.8 Å². The SMILES string of the molecule is COc1ccc2cc(C(=O)Nc3cccc(-n4cc[nH]c4=O)c3)sc2c1. The van der Waals surface area contributed by atoms with Crippen molar-refractivity contribution in [2.75, 3.05) is 12.4 Å². The van der Waals surface area contributed by atoms with Gasteiger partial charge in [-0.05, 0) is 47.9 Å². The highest BCUT2D eigenvalue weighted by molar-refractivity contribution is 7.20. The average molecular weight is 365 g/mol. The Morgan fingerprint density at radius 3 is 2.85 bits per heavy atom. The van der Waals surface area contributed by atoms with Gasteiger partial charge in [0.1, 0.15) is 5.75 Å². The number of fused-ring (bicyclic) bond motifs is 1. The minimum atomic E-state index is -0.230. The maximum atomic E-state index is 12.6. The van der Waals surface area contributed by atoms with E-state index in [1.165, 1.54) is 15.9 Å². The number of nitrogens with one attached hydrogen (secondary N) is 2. The Kier molecular flexibility index (Phi) is 4.06. The van der Waals surface area contributed by atoms with Crippen LogP contribution in [0.3, 0.4) is 0 Å². The molecule has 4 rings (SSSR count). The van der Waals surface area contributed by atoms with Crippen LogP contribution >= 0.6 is 11.3 Å². The Labute approximate surface area is 152 Å². The van der Waals surface area contributed by atoms with Crippen molar-refractivity contribution in [3.8, 4) is 11.4 Å². The molecule has 0 radical (unpaired) electrons. The second-order valence-corrected chi connectivity index (χ2v) is 6.74. The molecule has 0 spiro atoms. The van der Waals surface area contributed by atoms with Gasteiger partial charge < -0.3 is 15.0 Å². The lowest BCUT2D eigenvalue weighted by molar-refractivity contribution is 0.103. The molecule has 7 heteroatoms. The number of anilines is 1. The van der Waals surface area contributed by atoms with Crippen molar-refractivity contribution >= 4 is 33.0 Å². The third-order valence-electron chi connectivity index (χ3n) is 3.98. The molecule has 2 N–H and O–H groups in total. The lowest BCUT2D eigenvalue weighted by Gasteiger charge is -2.06. The van der Waals surface area contributed by atoms with Crippen LogP contribution in [0, 0.1) is 0 Å². The fourth-order valence-electron chi connectivity index (χ4n) is 2.70. The van der Waals surface area contributed by atoms with E-state index in [9.17, 15) is 9.59 Å². The lowest BCUT2D eigenvalue weighted by atomic mass is 10.2. The van der Waals surface area contributed by atoms with Crippen LogP contribution in [0.4, 0.5) is 5.69 Å². The van der Waals surface area contributed by atoms with E-state index in [4.69, 9.17) is 4.74 Å². The molecule has 0 unspecified atom stereocenters. The standard InChI is InChI=1S/C19H15N3O3S/c1-25-15-6-5-12-9-17(26-16(12)11-15)18(23)21-13-3-2-4-14(10-13)22-8-7-20-19(22)24/h2-11H,1H3,(H,20,24)(H,21,23). The summed E-state index contributed by atoms with van der Waals surface area (Å²) in [6.45, 7) is 0. The molecule has 0 aliphatic carbocycles. The monoisotopic (exact) mass is 365 g/mol. The fraction of sp³-hybridized carbons (Fsp3) is 0.0526. The highest BCUT2D eigenvalue weighted by Crippen LogP contribution is 2.29. The molecule has 0 bridgehead atoms. The van der Waals surface area contributed by atoms with Crippen LogP contribution in [0.25, 0.3) is 15.8 Å². The number of hydrogen-bond acceptors (Lipinski definition) is 4. The van der Waals surface area contributed by atoms with Crippen LogP contribution in [0.1, 0.15) is 9.67 Å². The number of aromatic amines is 1. The number of nitrogens with zero attached hydrogens (tertiary/aromatic N) is 1. The number of carbonyl (C=O) groups excluding carboxylic acids is 1. The normalized spacial score (nSPS) is 10.8. The smallest absolute Gasteiger partial charge is 0.330 e. The predicted octanol–water partition coefficient (Wildman–Crippen LogP) is 3.64. The van der Waals surface area contributed by atoms with Crippen LogP contribution in [0.2, 0.25) is 0 Å². The summed E-state index contributed by atoms with van der Waals surface area (Å²) in [5, 5.41) is 3.88. The van der Waals surface area contributed by atoms with Crippen LogP contribution in [-0.4, -0.2) is 22.6 Å². The minimum absolute atomic E-state index is 0.191. The molecule has 0 saturated carbocycles. The first-order valence-electron chi connectivity index (χ1n) is 7.89. The van der Waals surface area contributed by atoms with Gasteiger partial charge in [0.2, 0.25) is 0 Å². The first-order chi connectivity index (χ1) is 12.6. The number of imidazole rings is 1. The third kappa shape index (κ3) is 3.00. The highest BCUT2D eigenvalue weighted by Gasteiger charge is 2.12. The first-order valence-corrected chi connectivity index (χ1v) is 8.71. The number of aromatic nitrogens is 2. The minimum Gasteiger partial charge on any atom is -0.497 e. The molecule has 2 heterocycles. The largest absolute Gasteiger partial charge is 0.497 e. The topological polar surface area (TPSA) is 76.1 Å². The molecule has 1 amide bonds. The number of rotatable bonds is 4. The van der Waals surface area contributed by atoms with Crippen molar-refractivity contribution in [1.82, 2.24) is 9.55 Å². The molecular weight excluding hydrogens is 350 g/mol.